The Morgan fingerprint density at radius 3 is 1.23 bits per heavy atom. The highest BCUT2D eigenvalue weighted by Crippen LogP contribution is 2.10. The topological polar surface area (TPSA) is 102 Å². The van der Waals surface area contributed by atoms with Crippen molar-refractivity contribution in [2.24, 2.45) is 0 Å². The highest BCUT2D eigenvalue weighted by molar-refractivity contribution is 5.69. The van der Waals surface area contributed by atoms with Gasteiger partial charge in [-0.1, -0.05) is 58.3 Å². The average molecular weight is 509 g/mol. The minimum absolute atomic E-state index is 0.0278. The van der Waals surface area contributed by atoms with E-state index < -0.39 is 0 Å². The van der Waals surface area contributed by atoms with Crippen LogP contribution in [0.25, 0.3) is 0 Å². The number of hydrogen-bond acceptors (Lipinski definition) is 9. The molecular formula is C26H52O9. The first-order chi connectivity index (χ1) is 17.3. The number of ether oxygens (including phenoxy) is 7. The van der Waals surface area contributed by atoms with Crippen LogP contribution in [0.4, 0.5) is 0 Å². The van der Waals surface area contributed by atoms with E-state index in [9.17, 15) is 4.79 Å². The van der Waals surface area contributed by atoms with Crippen molar-refractivity contribution in [1.29, 1.82) is 0 Å². The van der Waals surface area contributed by atoms with Crippen molar-refractivity contribution in [2.75, 3.05) is 92.5 Å². The molecule has 35 heavy (non-hydrogen) atoms. The fraction of sp³-hybridized carbons (Fsp3) is 0.962. The summed E-state index contributed by atoms with van der Waals surface area (Å²) < 4.78 is 37.2. The number of aliphatic hydroxyl groups excluding tert-OH is 1. The van der Waals surface area contributed by atoms with Gasteiger partial charge >= 0.3 is 5.97 Å². The molecule has 0 aromatic heterocycles. The van der Waals surface area contributed by atoms with Gasteiger partial charge in [-0.3, -0.25) is 4.79 Å². The molecule has 0 saturated heterocycles. The molecule has 0 heterocycles. The lowest BCUT2D eigenvalue weighted by Crippen LogP contribution is -2.15. The third kappa shape index (κ3) is 31.2. The van der Waals surface area contributed by atoms with E-state index in [0.29, 0.717) is 92.3 Å². The Hall–Kier alpha value is -0.810. The molecule has 9 nitrogen and oxygen atoms in total. The van der Waals surface area contributed by atoms with E-state index in [-0.39, 0.29) is 12.6 Å². The minimum Gasteiger partial charge on any atom is -0.463 e. The van der Waals surface area contributed by atoms with Crippen LogP contribution in [-0.2, 0) is 38.0 Å². The summed E-state index contributed by atoms with van der Waals surface area (Å²) in [7, 11) is 0. The molecule has 0 fully saturated rings. The van der Waals surface area contributed by atoms with Gasteiger partial charge in [0.1, 0.15) is 6.61 Å². The van der Waals surface area contributed by atoms with Gasteiger partial charge in [-0.15, -0.1) is 0 Å². The van der Waals surface area contributed by atoms with Gasteiger partial charge in [0.25, 0.3) is 0 Å². The zero-order valence-electron chi connectivity index (χ0n) is 22.2. The number of esters is 1. The van der Waals surface area contributed by atoms with Crippen molar-refractivity contribution >= 4 is 5.97 Å². The smallest absolute Gasteiger partial charge is 0.305 e. The summed E-state index contributed by atoms with van der Waals surface area (Å²) in [5.41, 5.74) is 0. The molecule has 0 saturated carbocycles. The second-order valence-electron chi connectivity index (χ2n) is 8.20. The summed E-state index contributed by atoms with van der Waals surface area (Å²) in [6.07, 6.45) is 11.6. The molecule has 0 amide bonds. The molecule has 0 aliphatic heterocycles. The Morgan fingerprint density at radius 2 is 0.829 bits per heavy atom. The number of unbranched alkanes of at least 4 members (excludes halogenated alkanes) is 8. The molecule has 0 bridgehead atoms. The van der Waals surface area contributed by atoms with Gasteiger partial charge < -0.3 is 38.3 Å². The van der Waals surface area contributed by atoms with Crippen molar-refractivity contribution < 1.29 is 43.1 Å². The van der Waals surface area contributed by atoms with Gasteiger partial charge in [-0.2, -0.15) is 0 Å². The number of rotatable bonds is 30. The van der Waals surface area contributed by atoms with Crippen LogP contribution in [0.15, 0.2) is 0 Å². The first-order valence-electron chi connectivity index (χ1n) is 13.5. The molecule has 9 heteroatoms. The van der Waals surface area contributed by atoms with Crippen LogP contribution < -0.4 is 0 Å². The van der Waals surface area contributed by atoms with Crippen LogP contribution in [0.2, 0.25) is 0 Å². The molecule has 0 aliphatic carbocycles. The zero-order chi connectivity index (χ0) is 25.5. The van der Waals surface area contributed by atoms with Crippen molar-refractivity contribution in [3.05, 3.63) is 0 Å². The summed E-state index contributed by atoms with van der Waals surface area (Å²) in [6.45, 7) is 8.20. The molecule has 0 spiro atoms. The number of carbonyl (C=O) groups is 1. The van der Waals surface area contributed by atoms with Crippen molar-refractivity contribution in [3.63, 3.8) is 0 Å². The second kappa shape index (κ2) is 31.2. The summed E-state index contributed by atoms with van der Waals surface area (Å²) >= 11 is 0. The third-order valence-electron chi connectivity index (χ3n) is 5.07. The fourth-order valence-electron chi connectivity index (χ4n) is 3.13. The molecule has 0 unspecified atom stereocenters. The number of carbonyl (C=O) groups excluding carboxylic acids is 1. The van der Waals surface area contributed by atoms with Gasteiger partial charge in [0, 0.05) is 6.42 Å². The molecular weight excluding hydrogens is 456 g/mol. The third-order valence-corrected chi connectivity index (χ3v) is 5.07. The molecule has 0 radical (unpaired) electrons. The highest BCUT2D eigenvalue weighted by Gasteiger charge is 2.02. The van der Waals surface area contributed by atoms with Gasteiger partial charge in [-0.05, 0) is 6.42 Å². The maximum atomic E-state index is 11.7. The average Bonchev–Trinajstić information content (AvgIpc) is 2.86. The van der Waals surface area contributed by atoms with Gasteiger partial charge in [-0.25, -0.2) is 0 Å². The predicted molar refractivity (Wildman–Crippen MR) is 135 cm³/mol. The molecule has 1 N–H and O–H groups in total. The van der Waals surface area contributed by atoms with Crippen LogP contribution in [0.3, 0.4) is 0 Å². The number of aliphatic hydroxyl groups is 1. The molecule has 0 atom stereocenters. The van der Waals surface area contributed by atoms with Crippen molar-refractivity contribution in [3.8, 4) is 0 Å². The standard InChI is InChI=1S/C26H52O9/c1-2-3-4-5-6-7-8-9-10-11-26(28)35-25-24-34-23-22-33-21-20-32-19-18-31-17-16-30-15-14-29-13-12-27/h27H,2-25H2,1H3. The summed E-state index contributed by atoms with van der Waals surface area (Å²) in [4.78, 5) is 11.7. The second-order valence-corrected chi connectivity index (χ2v) is 8.20. The van der Waals surface area contributed by atoms with Gasteiger partial charge in [0.15, 0.2) is 0 Å². The minimum atomic E-state index is -0.134. The van der Waals surface area contributed by atoms with Crippen LogP contribution in [0.1, 0.15) is 71.1 Å². The summed E-state index contributed by atoms with van der Waals surface area (Å²) in [5, 5.41) is 8.55. The van der Waals surface area contributed by atoms with Crippen LogP contribution >= 0.6 is 0 Å². The normalized spacial score (nSPS) is 11.3. The summed E-state index contributed by atoms with van der Waals surface area (Å²) in [5.74, 6) is -0.134. The Labute approximate surface area is 213 Å². The van der Waals surface area contributed by atoms with Gasteiger partial charge in [0.2, 0.25) is 0 Å². The Morgan fingerprint density at radius 1 is 0.486 bits per heavy atom. The molecule has 0 aliphatic rings. The molecule has 0 aromatic carbocycles. The molecule has 0 aromatic rings. The van der Waals surface area contributed by atoms with Crippen LogP contribution in [-0.4, -0.2) is 104 Å². The Balaban J connectivity index is 3.12. The van der Waals surface area contributed by atoms with E-state index in [1.165, 1.54) is 44.9 Å². The largest absolute Gasteiger partial charge is 0.463 e. The lowest BCUT2D eigenvalue weighted by Gasteiger charge is -2.08. The van der Waals surface area contributed by atoms with E-state index >= 15 is 0 Å². The Kier molecular flexibility index (Phi) is 30.5. The van der Waals surface area contributed by atoms with Crippen LogP contribution in [0, 0.1) is 0 Å². The SMILES string of the molecule is CCCCCCCCCCCC(=O)OCCOCCOCCOCCOCCOCCOCCO. The lowest BCUT2D eigenvalue weighted by atomic mass is 10.1. The summed E-state index contributed by atoms with van der Waals surface area (Å²) in [6, 6.07) is 0. The zero-order valence-corrected chi connectivity index (χ0v) is 22.2. The number of hydrogen-bond donors (Lipinski definition) is 1. The lowest BCUT2D eigenvalue weighted by molar-refractivity contribution is -0.145. The molecule has 0 rings (SSSR count). The monoisotopic (exact) mass is 508 g/mol. The quantitative estimate of drug-likeness (QED) is 0.115. The maximum absolute atomic E-state index is 11.7. The first kappa shape index (κ1) is 34.2. The van der Waals surface area contributed by atoms with E-state index in [4.69, 9.17) is 38.3 Å². The molecule has 210 valence electrons. The van der Waals surface area contributed by atoms with E-state index in [1.807, 2.05) is 0 Å². The van der Waals surface area contributed by atoms with E-state index in [1.54, 1.807) is 0 Å². The predicted octanol–water partition coefficient (Wildman–Crippen LogP) is 3.54. The van der Waals surface area contributed by atoms with E-state index in [2.05, 4.69) is 6.92 Å². The fourth-order valence-corrected chi connectivity index (χ4v) is 3.13. The van der Waals surface area contributed by atoms with Crippen molar-refractivity contribution in [2.45, 2.75) is 71.1 Å². The Bertz CT molecular complexity index is 410. The van der Waals surface area contributed by atoms with Gasteiger partial charge in [0.05, 0.1) is 85.9 Å². The first-order valence-corrected chi connectivity index (χ1v) is 13.5. The van der Waals surface area contributed by atoms with E-state index in [0.717, 1.165) is 12.8 Å². The highest BCUT2D eigenvalue weighted by atomic mass is 16.6. The maximum Gasteiger partial charge on any atom is 0.305 e. The van der Waals surface area contributed by atoms with Crippen molar-refractivity contribution in [1.82, 2.24) is 0 Å². The van der Waals surface area contributed by atoms with Crippen LogP contribution in [0.5, 0.6) is 0 Å².